The first kappa shape index (κ1) is 20.5. The molecule has 1 saturated carbocycles. The Morgan fingerprint density at radius 1 is 1.21 bits per heavy atom. The second-order valence-corrected chi connectivity index (χ2v) is 10.6. The smallest absolute Gasteiger partial charge is 0.310 e. The van der Waals surface area contributed by atoms with E-state index in [1.807, 2.05) is 32.0 Å². The highest BCUT2D eigenvalue weighted by molar-refractivity contribution is 9.11. The molecule has 1 amide bonds. The van der Waals surface area contributed by atoms with E-state index >= 15 is 0 Å². The maximum absolute atomic E-state index is 12.8. The van der Waals surface area contributed by atoms with Crippen molar-refractivity contribution < 1.29 is 14.3 Å². The first-order chi connectivity index (χ1) is 13.8. The van der Waals surface area contributed by atoms with Crippen LogP contribution < -0.4 is 5.32 Å². The van der Waals surface area contributed by atoms with Crippen LogP contribution in [0.5, 0.6) is 0 Å². The van der Waals surface area contributed by atoms with Crippen LogP contribution in [0.2, 0.25) is 0 Å². The number of thiazole rings is 1. The summed E-state index contributed by atoms with van der Waals surface area (Å²) in [5.74, 6) is -0.00284. The zero-order chi connectivity index (χ0) is 20.6. The molecule has 2 fully saturated rings. The molecule has 1 aromatic carbocycles. The lowest BCUT2D eigenvalue weighted by Crippen LogP contribution is -2.40. The van der Waals surface area contributed by atoms with E-state index in [0.717, 1.165) is 31.2 Å². The van der Waals surface area contributed by atoms with Gasteiger partial charge in [0.05, 0.1) is 5.92 Å². The summed E-state index contributed by atoms with van der Waals surface area (Å²) in [6.07, 6.45) is 3.55. The molecule has 0 bridgehead atoms. The number of carbonyl (C=O) groups excluding carboxylic acids is 2. The van der Waals surface area contributed by atoms with Gasteiger partial charge in [-0.1, -0.05) is 30.3 Å². The number of nitrogens with zero attached hydrogens (tertiary/aromatic N) is 1. The molecule has 2 atom stereocenters. The number of carbonyl (C=O) groups is 2. The highest BCUT2D eigenvalue weighted by Gasteiger charge is 2.53. The zero-order valence-corrected chi connectivity index (χ0v) is 19.0. The van der Waals surface area contributed by atoms with Crippen molar-refractivity contribution >= 4 is 39.1 Å². The third-order valence-corrected chi connectivity index (χ3v) is 7.59. The van der Waals surface area contributed by atoms with E-state index in [2.05, 4.69) is 38.4 Å². The molecular formula is C22H25BrN2O3S. The minimum Gasteiger partial charge on any atom is -0.459 e. The van der Waals surface area contributed by atoms with Crippen LogP contribution in [0, 0.1) is 11.8 Å². The normalized spacial score (nSPS) is 28.7. The Labute approximate surface area is 183 Å². The highest BCUT2D eigenvalue weighted by atomic mass is 79.9. The molecular weight excluding hydrogens is 452 g/mol. The number of halogens is 1. The molecule has 0 spiro atoms. The van der Waals surface area contributed by atoms with Crippen molar-refractivity contribution in [3.63, 3.8) is 0 Å². The monoisotopic (exact) mass is 476 g/mol. The minimum absolute atomic E-state index is 0.0553. The fraction of sp³-hybridized carbons (Fsp3) is 0.500. The van der Waals surface area contributed by atoms with Crippen molar-refractivity contribution in [1.82, 2.24) is 10.3 Å². The summed E-state index contributed by atoms with van der Waals surface area (Å²) >= 11 is 4.70. The summed E-state index contributed by atoms with van der Waals surface area (Å²) in [5.41, 5.74) is 1.11. The first-order valence-electron chi connectivity index (χ1n) is 10.0. The SMILES string of the molecule is CC1(C)OC(=O)C(C2CCC(NC(=O)c3csc(Br)n3)CC2)[C@H]1c1ccccc1. The first-order valence-corrected chi connectivity index (χ1v) is 11.7. The van der Waals surface area contributed by atoms with Gasteiger partial charge >= 0.3 is 5.97 Å². The Morgan fingerprint density at radius 3 is 2.52 bits per heavy atom. The Hall–Kier alpha value is -1.73. The van der Waals surface area contributed by atoms with E-state index in [0.29, 0.717) is 9.61 Å². The number of nitrogens with one attached hydrogen (secondary N) is 1. The molecule has 2 heterocycles. The summed E-state index contributed by atoms with van der Waals surface area (Å²) < 4.78 is 6.52. The number of benzene rings is 1. The van der Waals surface area contributed by atoms with Crippen molar-refractivity contribution in [2.24, 2.45) is 11.8 Å². The molecule has 1 N–H and O–H groups in total. The van der Waals surface area contributed by atoms with Crippen molar-refractivity contribution in [2.45, 2.75) is 57.1 Å². The van der Waals surface area contributed by atoms with Crippen LogP contribution in [0.3, 0.4) is 0 Å². The maximum Gasteiger partial charge on any atom is 0.310 e. The van der Waals surface area contributed by atoms with Crippen LogP contribution >= 0.6 is 27.3 Å². The van der Waals surface area contributed by atoms with Crippen LogP contribution in [-0.4, -0.2) is 28.5 Å². The second kappa shape index (κ2) is 8.19. The summed E-state index contributed by atoms with van der Waals surface area (Å²) in [5, 5.41) is 4.85. The Morgan fingerprint density at radius 2 is 1.90 bits per heavy atom. The molecule has 154 valence electrons. The van der Waals surface area contributed by atoms with Gasteiger partial charge in [-0.25, -0.2) is 4.98 Å². The number of aromatic nitrogens is 1. The van der Waals surface area contributed by atoms with E-state index in [9.17, 15) is 9.59 Å². The Kier molecular flexibility index (Phi) is 5.80. The van der Waals surface area contributed by atoms with Gasteiger partial charge in [0.15, 0.2) is 3.92 Å². The lowest BCUT2D eigenvalue weighted by atomic mass is 9.68. The van der Waals surface area contributed by atoms with Crippen LogP contribution in [-0.2, 0) is 9.53 Å². The van der Waals surface area contributed by atoms with Gasteiger partial charge in [0, 0.05) is 17.3 Å². The average molecular weight is 477 g/mol. The van der Waals surface area contributed by atoms with Gasteiger partial charge in [0.1, 0.15) is 11.3 Å². The van der Waals surface area contributed by atoms with Gasteiger partial charge in [-0.2, -0.15) is 0 Å². The summed E-state index contributed by atoms with van der Waals surface area (Å²) in [7, 11) is 0. The van der Waals surface area contributed by atoms with E-state index in [1.165, 1.54) is 11.3 Å². The fourth-order valence-electron chi connectivity index (χ4n) is 4.93. The van der Waals surface area contributed by atoms with Crippen LogP contribution in [0.15, 0.2) is 39.6 Å². The molecule has 1 aromatic heterocycles. The van der Waals surface area contributed by atoms with E-state index < -0.39 is 5.60 Å². The standard InChI is InChI=1S/C22H25BrN2O3S/c1-22(2)18(14-6-4-3-5-7-14)17(20(27)28-22)13-8-10-15(11-9-13)24-19(26)16-12-29-21(23)25-16/h3-7,12-13,15,17-18H,8-11H2,1-2H3,(H,24,26)/t13?,15?,17?,18-/m1/s1. The average Bonchev–Trinajstić information content (AvgIpc) is 3.23. The molecule has 29 heavy (non-hydrogen) atoms. The van der Waals surface area contributed by atoms with Gasteiger partial charge in [-0.05, 0) is 66.9 Å². The molecule has 1 unspecified atom stereocenters. The molecule has 1 aliphatic heterocycles. The molecule has 5 nitrogen and oxygen atoms in total. The molecule has 2 aliphatic rings. The van der Waals surface area contributed by atoms with Crippen molar-refractivity contribution in [1.29, 1.82) is 0 Å². The van der Waals surface area contributed by atoms with Gasteiger partial charge < -0.3 is 10.1 Å². The number of hydrogen-bond acceptors (Lipinski definition) is 5. The van der Waals surface area contributed by atoms with Crippen LogP contribution in [0.25, 0.3) is 0 Å². The fourth-order valence-corrected chi connectivity index (χ4v) is 5.92. The molecule has 1 saturated heterocycles. The van der Waals surface area contributed by atoms with Crippen LogP contribution in [0.1, 0.15) is 61.5 Å². The number of hydrogen-bond donors (Lipinski definition) is 1. The number of cyclic esters (lactones) is 1. The Bertz CT molecular complexity index is 890. The number of esters is 1. The zero-order valence-electron chi connectivity index (χ0n) is 16.6. The van der Waals surface area contributed by atoms with Gasteiger partial charge in [0.25, 0.3) is 5.91 Å². The lowest BCUT2D eigenvalue weighted by molar-refractivity contribution is -0.149. The third-order valence-electron chi connectivity index (χ3n) is 6.23. The third kappa shape index (κ3) is 4.26. The number of ether oxygens (including phenoxy) is 1. The quantitative estimate of drug-likeness (QED) is 0.635. The topological polar surface area (TPSA) is 68.3 Å². The van der Waals surface area contributed by atoms with Gasteiger partial charge in [-0.15, -0.1) is 11.3 Å². The largest absolute Gasteiger partial charge is 0.459 e. The highest BCUT2D eigenvalue weighted by Crippen LogP contribution is 2.50. The number of rotatable bonds is 4. The van der Waals surface area contributed by atoms with Gasteiger partial charge in [0.2, 0.25) is 0 Å². The molecule has 0 radical (unpaired) electrons. The summed E-state index contributed by atoms with van der Waals surface area (Å²) in [4.78, 5) is 29.4. The van der Waals surface area contributed by atoms with Crippen molar-refractivity contribution in [3.8, 4) is 0 Å². The summed E-state index contributed by atoms with van der Waals surface area (Å²) in [6, 6.07) is 10.4. The van der Waals surface area contributed by atoms with Crippen molar-refractivity contribution in [3.05, 3.63) is 50.9 Å². The van der Waals surface area contributed by atoms with Crippen molar-refractivity contribution in [2.75, 3.05) is 0 Å². The van der Waals surface area contributed by atoms with Crippen LogP contribution in [0.4, 0.5) is 0 Å². The summed E-state index contributed by atoms with van der Waals surface area (Å²) in [6.45, 7) is 4.03. The van der Waals surface area contributed by atoms with Gasteiger partial charge in [-0.3, -0.25) is 9.59 Å². The minimum atomic E-state index is -0.508. The molecule has 7 heteroatoms. The number of amides is 1. The predicted molar refractivity (Wildman–Crippen MR) is 116 cm³/mol. The van der Waals surface area contributed by atoms with E-state index in [4.69, 9.17) is 4.74 Å². The van der Waals surface area contributed by atoms with E-state index in [-0.39, 0.29) is 35.7 Å². The molecule has 2 aromatic rings. The second-order valence-electron chi connectivity index (χ2n) is 8.51. The maximum atomic E-state index is 12.8. The predicted octanol–water partition coefficient (Wildman–Crippen LogP) is 4.93. The Balaban J connectivity index is 1.43. The van der Waals surface area contributed by atoms with E-state index in [1.54, 1.807) is 5.38 Å². The molecule has 4 rings (SSSR count). The molecule has 1 aliphatic carbocycles. The lowest BCUT2D eigenvalue weighted by Gasteiger charge is -2.35.